The van der Waals surface area contributed by atoms with Gasteiger partial charge in [-0.15, -0.1) is 5.10 Å². The molecule has 18 nitrogen and oxygen atoms in total. The molecular weight excluding hydrogens is 749 g/mol. The summed E-state index contributed by atoms with van der Waals surface area (Å²) in [6.07, 6.45) is 12.7. The fourth-order valence-corrected chi connectivity index (χ4v) is 8.58. The number of rotatable bonds is 10. The second kappa shape index (κ2) is 15.8. The number of fused-ring (bicyclic) bond motifs is 2. The van der Waals surface area contributed by atoms with Gasteiger partial charge < -0.3 is 10.2 Å². The summed E-state index contributed by atoms with van der Waals surface area (Å²) in [5, 5.41) is 44.4. The number of imide groups is 1. The highest BCUT2D eigenvalue weighted by Gasteiger charge is 2.29. The first kappa shape index (κ1) is 37.6. The van der Waals surface area contributed by atoms with Gasteiger partial charge in [0.15, 0.2) is 17.3 Å². The largest absolute Gasteiger partial charge is 0.369 e. The van der Waals surface area contributed by atoms with Crippen LogP contribution in [0.25, 0.3) is 33.4 Å². The van der Waals surface area contributed by atoms with Crippen LogP contribution in [0.15, 0.2) is 55.1 Å². The van der Waals surface area contributed by atoms with Crippen molar-refractivity contribution in [2.45, 2.75) is 57.4 Å². The highest BCUT2D eigenvalue weighted by Crippen LogP contribution is 2.37. The van der Waals surface area contributed by atoms with E-state index < -0.39 is 12.1 Å². The summed E-state index contributed by atoms with van der Waals surface area (Å²) in [7, 11) is 1.89. The van der Waals surface area contributed by atoms with Crippen LogP contribution in [-0.2, 0) is 11.8 Å². The van der Waals surface area contributed by atoms with Gasteiger partial charge in [0.1, 0.15) is 17.8 Å². The summed E-state index contributed by atoms with van der Waals surface area (Å²) in [6, 6.07) is 13.3. The predicted molar refractivity (Wildman–Crippen MR) is 219 cm³/mol. The van der Waals surface area contributed by atoms with Gasteiger partial charge in [0, 0.05) is 80.8 Å². The minimum absolute atomic E-state index is 0.258. The van der Waals surface area contributed by atoms with Gasteiger partial charge in [0.25, 0.3) is 0 Å². The smallest absolute Gasteiger partial charge is 0.329 e. The first-order chi connectivity index (χ1) is 28.7. The van der Waals surface area contributed by atoms with Crippen LogP contribution < -0.4 is 20.4 Å². The molecule has 9 rings (SSSR count). The number of piperazine rings is 1. The van der Waals surface area contributed by atoms with E-state index in [0.717, 1.165) is 86.1 Å². The molecule has 1 atom stereocenters. The predicted octanol–water partition coefficient (Wildman–Crippen LogP) is 4.41. The maximum absolute atomic E-state index is 12.5. The van der Waals surface area contributed by atoms with Gasteiger partial charge in [-0.25, -0.2) is 19.4 Å². The molecule has 3 fully saturated rings. The zero-order chi connectivity index (χ0) is 40.6. The summed E-state index contributed by atoms with van der Waals surface area (Å²) in [4.78, 5) is 39.8. The maximum Gasteiger partial charge on any atom is 0.329 e. The van der Waals surface area contributed by atoms with Gasteiger partial charge in [-0.1, -0.05) is 5.21 Å². The topological polar surface area (TPSA) is 208 Å². The summed E-state index contributed by atoms with van der Waals surface area (Å²) >= 11 is 0. The Balaban J connectivity index is 0.784. The third kappa shape index (κ3) is 7.50. The number of anilines is 3. The maximum atomic E-state index is 12.5. The molecule has 300 valence electrons. The van der Waals surface area contributed by atoms with Crippen LogP contribution in [0.3, 0.4) is 0 Å². The van der Waals surface area contributed by atoms with E-state index in [1.54, 1.807) is 39.6 Å². The van der Waals surface area contributed by atoms with E-state index in [0.29, 0.717) is 52.6 Å². The summed E-state index contributed by atoms with van der Waals surface area (Å²) in [5.74, 6) is 1.85. The van der Waals surface area contributed by atoms with Crippen LogP contribution in [0.2, 0.25) is 0 Å². The number of benzene rings is 1. The molecule has 3 amide bonds. The molecule has 59 heavy (non-hydrogen) atoms. The molecule has 2 saturated heterocycles. The average Bonchev–Trinajstić information content (AvgIpc) is 4.01. The van der Waals surface area contributed by atoms with Crippen LogP contribution >= 0.6 is 0 Å². The quantitative estimate of drug-likeness (QED) is 0.197. The Morgan fingerprint density at radius 3 is 2.59 bits per heavy atom. The van der Waals surface area contributed by atoms with Crippen molar-refractivity contribution in [3.63, 3.8) is 0 Å². The van der Waals surface area contributed by atoms with E-state index in [9.17, 15) is 20.1 Å². The molecule has 1 saturated carbocycles. The number of carbonyl (C=O) groups is 2. The third-order valence-corrected chi connectivity index (χ3v) is 11.9. The zero-order valence-corrected chi connectivity index (χ0v) is 33.0. The first-order valence-electron chi connectivity index (χ1n) is 20.1. The number of amides is 3. The molecule has 1 aliphatic carbocycles. The number of hydrogen-bond acceptors (Lipinski definition) is 13. The molecule has 6 aromatic rings. The molecular formula is C41H44N16O2. The SMILES string of the molecule is C[C@H](C#N)Nc1cc(-n2ncc3cc(C#N)cnc32)ncc1-n1cc(C2CCC(CCN3CCN(c4ccc5c(N6CCC(=O)NC6=O)nn(C)c5c4)CC3)CC2)nn1. The molecule has 1 aromatic carbocycles. The minimum Gasteiger partial charge on any atom is -0.369 e. The Morgan fingerprint density at radius 1 is 0.983 bits per heavy atom. The van der Waals surface area contributed by atoms with Crippen molar-refractivity contribution in [1.82, 2.24) is 54.7 Å². The van der Waals surface area contributed by atoms with Gasteiger partial charge in [-0.05, 0) is 75.8 Å². The van der Waals surface area contributed by atoms with Crippen LogP contribution in [0.4, 0.5) is 22.0 Å². The van der Waals surface area contributed by atoms with Crippen molar-refractivity contribution in [2.24, 2.45) is 13.0 Å². The fourth-order valence-electron chi connectivity index (χ4n) is 8.58. The molecule has 18 heteroatoms. The standard InChI is InChI=1S/C41H44N16O2/c1-26(20-42)47-33-19-37(57-39-30(23-46-57)17-28(21-43)22-45-39)44-24-36(33)56-25-34(49-51-56)29-5-3-27(4-6-29)9-11-53-13-15-54(16-14-53)31-7-8-32-35(18-31)52(2)50-40(32)55-12-10-38(58)48-41(55)59/h7-8,17-19,22-27,29H,3-6,9-16H2,1-2H3,(H,44,47)(H,48,58,59)/t26-,27?,29?/m1/s1. The summed E-state index contributed by atoms with van der Waals surface area (Å²) < 4.78 is 5.15. The lowest BCUT2D eigenvalue weighted by Crippen LogP contribution is -2.49. The van der Waals surface area contributed by atoms with Gasteiger partial charge in [0.05, 0.1) is 47.1 Å². The van der Waals surface area contributed by atoms with E-state index in [-0.39, 0.29) is 12.3 Å². The van der Waals surface area contributed by atoms with Crippen molar-refractivity contribution in [1.29, 1.82) is 10.5 Å². The molecule has 7 heterocycles. The van der Waals surface area contributed by atoms with Crippen molar-refractivity contribution in [3.05, 3.63) is 66.4 Å². The van der Waals surface area contributed by atoms with E-state index >= 15 is 0 Å². The van der Waals surface area contributed by atoms with E-state index in [1.165, 1.54) is 12.6 Å². The van der Waals surface area contributed by atoms with Crippen molar-refractivity contribution in [2.75, 3.05) is 54.4 Å². The number of pyridine rings is 2. The molecule has 5 aromatic heterocycles. The Hall–Kier alpha value is -6.92. The Morgan fingerprint density at radius 2 is 1.81 bits per heavy atom. The molecule has 0 spiro atoms. The number of aromatic nitrogens is 9. The second-order valence-corrected chi connectivity index (χ2v) is 15.7. The first-order valence-corrected chi connectivity index (χ1v) is 20.1. The minimum atomic E-state index is -0.471. The number of nitrogens with zero attached hydrogens (tertiary/aromatic N) is 14. The number of nitrogens with one attached hydrogen (secondary N) is 2. The van der Waals surface area contributed by atoms with Crippen LogP contribution in [-0.4, -0.2) is 107 Å². The Kier molecular flexibility index (Phi) is 10.1. The molecule has 0 bridgehead atoms. The molecule has 3 aliphatic rings. The highest BCUT2D eigenvalue weighted by molar-refractivity contribution is 6.09. The highest BCUT2D eigenvalue weighted by atomic mass is 16.2. The number of hydrogen-bond donors (Lipinski definition) is 2. The second-order valence-electron chi connectivity index (χ2n) is 15.7. The number of nitriles is 2. The summed E-state index contributed by atoms with van der Waals surface area (Å²) in [5.41, 5.74) is 5.43. The zero-order valence-electron chi connectivity index (χ0n) is 33.0. The van der Waals surface area contributed by atoms with E-state index in [1.807, 2.05) is 30.1 Å². The van der Waals surface area contributed by atoms with Crippen LogP contribution in [0.1, 0.15) is 62.6 Å². The third-order valence-electron chi connectivity index (χ3n) is 11.9. The number of aryl methyl sites for hydroxylation is 1. The monoisotopic (exact) mass is 792 g/mol. The van der Waals surface area contributed by atoms with E-state index in [2.05, 4.69) is 75.2 Å². The van der Waals surface area contributed by atoms with Crippen molar-refractivity contribution >= 4 is 51.1 Å². The average molecular weight is 793 g/mol. The van der Waals surface area contributed by atoms with Gasteiger partial charge in [-0.2, -0.15) is 25.4 Å². The molecule has 0 radical (unpaired) electrons. The van der Waals surface area contributed by atoms with Gasteiger partial charge in [-0.3, -0.25) is 24.6 Å². The van der Waals surface area contributed by atoms with Crippen LogP contribution in [0.5, 0.6) is 0 Å². The van der Waals surface area contributed by atoms with Gasteiger partial charge in [0.2, 0.25) is 5.91 Å². The Bertz CT molecular complexity index is 2630. The Labute approximate surface area is 340 Å². The van der Waals surface area contributed by atoms with Crippen LogP contribution in [0, 0.1) is 28.6 Å². The lowest BCUT2D eigenvalue weighted by Gasteiger charge is -2.37. The number of carbonyl (C=O) groups excluding carboxylic acids is 2. The summed E-state index contributed by atoms with van der Waals surface area (Å²) in [6.45, 7) is 7.11. The molecule has 2 N–H and O–H groups in total. The van der Waals surface area contributed by atoms with E-state index in [4.69, 9.17) is 0 Å². The normalized spacial score (nSPS) is 19.5. The molecule has 0 unspecified atom stereocenters. The fraction of sp³-hybridized carbons (Fsp3) is 0.415. The number of urea groups is 1. The molecule has 2 aliphatic heterocycles. The van der Waals surface area contributed by atoms with Gasteiger partial charge >= 0.3 is 6.03 Å². The lowest BCUT2D eigenvalue weighted by molar-refractivity contribution is -0.120. The lowest BCUT2D eigenvalue weighted by atomic mass is 9.79. The van der Waals surface area contributed by atoms with Crippen molar-refractivity contribution in [3.8, 4) is 23.6 Å². The van der Waals surface area contributed by atoms with Crippen molar-refractivity contribution < 1.29 is 9.59 Å².